The monoisotopic (exact) mass is 444 g/mol. The maximum atomic E-state index is 12.3. The second-order valence-electron chi connectivity index (χ2n) is 7.26. The summed E-state index contributed by atoms with van der Waals surface area (Å²) in [5.41, 5.74) is 2.03. The first-order valence-electron chi connectivity index (χ1n) is 10.4. The van der Waals surface area contributed by atoms with Crippen LogP contribution in [0, 0.1) is 0 Å². The molecule has 0 radical (unpaired) electrons. The zero-order valence-corrected chi connectivity index (χ0v) is 18.7. The fraction of sp³-hybridized carbons (Fsp3) is 0.375. The van der Waals surface area contributed by atoms with Crippen LogP contribution in [0.2, 0.25) is 5.02 Å². The molecule has 0 saturated carbocycles. The van der Waals surface area contributed by atoms with Crippen molar-refractivity contribution in [3.63, 3.8) is 0 Å². The van der Waals surface area contributed by atoms with Crippen molar-refractivity contribution in [2.45, 2.75) is 19.6 Å². The van der Waals surface area contributed by atoms with Gasteiger partial charge in [0.05, 0.1) is 31.5 Å². The molecule has 2 aromatic carbocycles. The quantitative estimate of drug-likeness (QED) is 0.596. The summed E-state index contributed by atoms with van der Waals surface area (Å²) >= 11 is 6.26. The van der Waals surface area contributed by atoms with E-state index in [2.05, 4.69) is 22.3 Å². The third-order valence-electron chi connectivity index (χ3n) is 4.94. The molecular weight excluding hydrogens is 416 g/mol. The van der Waals surface area contributed by atoms with Crippen molar-refractivity contribution >= 4 is 23.6 Å². The summed E-state index contributed by atoms with van der Waals surface area (Å²) in [6.45, 7) is 6.05. The number of nitrogens with one attached hydrogen (secondary N) is 1. The summed E-state index contributed by atoms with van der Waals surface area (Å²) < 4.78 is 16.7. The summed E-state index contributed by atoms with van der Waals surface area (Å²) in [6, 6.07) is 13.9. The van der Waals surface area contributed by atoms with Crippen molar-refractivity contribution in [2.75, 3.05) is 40.0 Å². The average molecular weight is 445 g/mol. The lowest BCUT2D eigenvalue weighted by Crippen LogP contribution is -2.46. The predicted octanol–water partition coefficient (Wildman–Crippen LogP) is 3.78. The van der Waals surface area contributed by atoms with Crippen LogP contribution in [0.25, 0.3) is 6.08 Å². The van der Waals surface area contributed by atoms with Crippen LogP contribution in [-0.4, -0.2) is 56.9 Å². The number of benzene rings is 2. The van der Waals surface area contributed by atoms with Gasteiger partial charge in [-0.2, -0.15) is 0 Å². The van der Waals surface area contributed by atoms with Gasteiger partial charge in [-0.25, -0.2) is 0 Å². The zero-order chi connectivity index (χ0) is 22.1. The van der Waals surface area contributed by atoms with E-state index in [1.807, 2.05) is 25.1 Å². The smallest absolute Gasteiger partial charge is 0.244 e. The van der Waals surface area contributed by atoms with Crippen molar-refractivity contribution in [1.82, 2.24) is 10.2 Å². The normalized spacial score (nSPS) is 16.9. The number of halogens is 1. The van der Waals surface area contributed by atoms with Gasteiger partial charge in [-0.3, -0.25) is 9.69 Å². The lowest BCUT2D eigenvalue weighted by atomic mass is 10.1. The highest BCUT2D eigenvalue weighted by Crippen LogP contribution is 2.36. The number of methoxy groups -OCH3 is 1. The Labute approximate surface area is 188 Å². The van der Waals surface area contributed by atoms with Gasteiger partial charge in [0.25, 0.3) is 0 Å². The minimum absolute atomic E-state index is 0.0326. The van der Waals surface area contributed by atoms with E-state index in [0.717, 1.165) is 25.2 Å². The molecule has 2 aromatic rings. The van der Waals surface area contributed by atoms with Crippen LogP contribution in [0.3, 0.4) is 0 Å². The van der Waals surface area contributed by atoms with E-state index in [9.17, 15) is 4.79 Å². The van der Waals surface area contributed by atoms with Gasteiger partial charge in [-0.15, -0.1) is 0 Å². The first-order valence-corrected chi connectivity index (χ1v) is 10.8. The topological polar surface area (TPSA) is 60.0 Å². The Kier molecular flexibility index (Phi) is 8.76. The Morgan fingerprint density at radius 2 is 2.13 bits per heavy atom. The van der Waals surface area contributed by atoms with Crippen LogP contribution in [0.4, 0.5) is 0 Å². The summed E-state index contributed by atoms with van der Waals surface area (Å²) in [6.07, 6.45) is 3.15. The number of morpholine rings is 1. The van der Waals surface area contributed by atoms with Gasteiger partial charge in [0.1, 0.15) is 0 Å². The van der Waals surface area contributed by atoms with Crippen molar-refractivity contribution in [3.05, 3.63) is 64.7 Å². The lowest BCUT2D eigenvalue weighted by Gasteiger charge is -2.33. The Morgan fingerprint density at radius 1 is 1.32 bits per heavy atom. The van der Waals surface area contributed by atoms with E-state index in [-0.39, 0.29) is 12.0 Å². The number of carbonyl (C=O) groups excluding carboxylic acids is 1. The van der Waals surface area contributed by atoms with Gasteiger partial charge >= 0.3 is 0 Å². The Bertz CT molecular complexity index is 889. The molecule has 1 amide bonds. The molecule has 3 rings (SSSR count). The van der Waals surface area contributed by atoms with Crippen molar-refractivity contribution in [2.24, 2.45) is 0 Å². The molecule has 1 atom stereocenters. The van der Waals surface area contributed by atoms with Gasteiger partial charge in [0.15, 0.2) is 11.5 Å². The molecule has 0 aliphatic carbocycles. The SMILES string of the molecule is CCOc1cc(C=CC(=O)NCC2CN(Cc3ccccc3)CCO2)cc(Cl)c1OC. The largest absolute Gasteiger partial charge is 0.491 e. The molecule has 166 valence electrons. The number of amides is 1. The van der Waals surface area contributed by atoms with Crippen LogP contribution < -0.4 is 14.8 Å². The third kappa shape index (κ3) is 6.99. The Morgan fingerprint density at radius 3 is 2.87 bits per heavy atom. The average Bonchev–Trinajstić information content (AvgIpc) is 2.77. The second-order valence-corrected chi connectivity index (χ2v) is 7.67. The summed E-state index contributed by atoms with van der Waals surface area (Å²) in [4.78, 5) is 14.6. The maximum Gasteiger partial charge on any atom is 0.244 e. The zero-order valence-electron chi connectivity index (χ0n) is 18.0. The number of carbonyl (C=O) groups is 1. The predicted molar refractivity (Wildman–Crippen MR) is 123 cm³/mol. The van der Waals surface area contributed by atoms with Crippen LogP contribution in [-0.2, 0) is 16.1 Å². The van der Waals surface area contributed by atoms with Gasteiger partial charge in [-0.1, -0.05) is 41.9 Å². The van der Waals surface area contributed by atoms with E-state index in [1.54, 1.807) is 25.3 Å². The summed E-state index contributed by atoms with van der Waals surface area (Å²) in [5, 5.41) is 3.35. The highest BCUT2D eigenvalue weighted by molar-refractivity contribution is 6.32. The number of rotatable bonds is 9. The maximum absolute atomic E-state index is 12.3. The van der Waals surface area contributed by atoms with E-state index < -0.39 is 0 Å². The first-order chi connectivity index (χ1) is 15.1. The molecule has 1 unspecified atom stereocenters. The molecule has 1 heterocycles. The number of ether oxygens (including phenoxy) is 3. The third-order valence-corrected chi connectivity index (χ3v) is 5.22. The fourth-order valence-electron chi connectivity index (χ4n) is 3.48. The highest BCUT2D eigenvalue weighted by atomic mass is 35.5. The van der Waals surface area contributed by atoms with Crippen molar-refractivity contribution in [3.8, 4) is 11.5 Å². The molecule has 1 N–H and O–H groups in total. The van der Waals surface area contributed by atoms with Gasteiger partial charge < -0.3 is 19.5 Å². The number of nitrogens with zero attached hydrogens (tertiary/aromatic N) is 1. The van der Waals surface area contributed by atoms with Crippen molar-refractivity contribution < 1.29 is 19.0 Å². The first kappa shape index (κ1) is 23.1. The fourth-order valence-corrected chi connectivity index (χ4v) is 3.78. The molecule has 1 aliphatic heterocycles. The minimum atomic E-state index is -0.186. The van der Waals surface area contributed by atoms with Crippen LogP contribution in [0.5, 0.6) is 11.5 Å². The molecule has 7 heteroatoms. The van der Waals surface area contributed by atoms with Gasteiger partial charge in [-0.05, 0) is 36.3 Å². The van der Waals surface area contributed by atoms with Crippen LogP contribution in [0.1, 0.15) is 18.1 Å². The molecule has 31 heavy (non-hydrogen) atoms. The molecule has 1 aliphatic rings. The molecule has 0 aromatic heterocycles. The van der Waals surface area contributed by atoms with Gasteiger partial charge in [0.2, 0.25) is 5.91 Å². The summed E-state index contributed by atoms with van der Waals surface area (Å²) in [5.74, 6) is 0.847. The molecule has 1 fully saturated rings. The molecule has 0 bridgehead atoms. The van der Waals surface area contributed by atoms with E-state index in [4.69, 9.17) is 25.8 Å². The summed E-state index contributed by atoms with van der Waals surface area (Å²) in [7, 11) is 1.54. The molecule has 0 spiro atoms. The standard InChI is InChI=1S/C24H29ClN2O4/c1-3-30-22-14-19(13-21(25)24(22)29-2)9-10-23(28)26-15-20-17-27(11-12-31-20)16-18-7-5-4-6-8-18/h4-10,13-14,20H,3,11-12,15-17H2,1-2H3,(H,26,28). The number of hydrogen-bond donors (Lipinski definition) is 1. The van der Waals surface area contributed by atoms with E-state index >= 15 is 0 Å². The number of hydrogen-bond acceptors (Lipinski definition) is 5. The molecule has 1 saturated heterocycles. The van der Waals surface area contributed by atoms with Crippen molar-refractivity contribution in [1.29, 1.82) is 0 Å². The minimum Gasteiger partial charge on any atom is -0.491 e. The van der Waals surface area contributed by atoms with E-state index in [1.165, 1.54) is 11.6 Å². The van der Waals surface area contributed by atoms with Crippen LogP contribution >= 0.6 is 11.6 Å². The Hall–Kier alpha value is -2.54. The molecule has 6 nitrogen and oxygen atoms in total. The Balaban J connectivity index is 1.51. The molecular formula is C24H29ClN2O4. The van der Waals surface area contributed by atoms with Crippen LogP contribution in [0.15, 0.2) is 48.5 Å². The van der Waals surface area contributed by atoms with E-state index in [0.29, 0.717) is 36.3 Å². The van der Waals surface area contributed by atoms with Gasteiger partial charge in [0, 0.05) is 32.3 Å². The highest BCUT2D eigenvalue weighted by Gasteiger charge is 2.20. The second kappa shape index (κ2) is 11.7. The lowest BCUT2D eigenvalue weighted by molar-refractivity contribution is -0.117.